The highest BCUT2D eigenvalue weighted by molar-refractivity contribution is 5.68. The van der Waals surface area contributed by atoms with Crippen molar-refractivity contribution in [2.75, 3.05) is 13.2 Å². The van der Waals surface area contributed by atoms with Gasteiger partial charge in [0.25, 0.3) is 0 Å². The predicted molar refractivity (Wildman–Crippen MR) is 113 cm³/mol. The lowest BCUT2D eigenvalue weighted by molar-refractivity contribution is -0.347. The van der Waals surface area contributed by atoms with Crippen LogP contribution in [0.25, 0.3) is 0 Å². The van der Waals surface area contributed by atoms with Crippen LogP contribution in [-0.4, -0.2) is 80.3 Å². The van der Waals surface area contributed by atoms with Crippen LogP contribution in [0.1, 0.15) is 60.3 Å². The standard InChI is InChI=1S/C22H33F3O11/c1-6-7-8-9-17(31-11-22(23,24)25)36-21-20(34-15(5)29)19(33-14(4)28)18(32-13(3)27)16(35-21)10-30-12(2)26/h16-21H,6-11H2,1-5H3/t16-,17+,18-,19+,20-,21+/m1/s1. The molecule has 11 nitrogen and oxygen atoms in total. The van der Waals surface area contributed by atoms with Crippen molar-refractivity contribution in [2.24, 2.45) is 0 Å². The van der Waals surface area contributed by atoms with Gasteiger partial charge in [-0.3, -0.25) is 19.2 Å². The van der Waals surface area contributed by atoms with E-state index in [1.165, 1.54) is 0 Å². The van der Waals surface area contributed by atoms with E-state index in [0.29, 0.717) is 12.8 Å². The summed E-state index contributed by atoms with van der Waals surface area (Å²) in [5.74, 6) is -3.25. The maximum absolute atomic E-state index is 12.8. The number of unbranched alkanes of at least 4 members (excludes halogenated alkanes) is 2. The fourth-order valence-corrected chi connectivity index (χ4v) is 3.39. The van der Waals surface area contributed by atoms with Gasteiger partial charge in [0.2, 0.25) is 6.29 Å². The molecular formula is C22H33F3O11. The summed E-state index contributed by atoms with van der Waals surface area (Å²) in [6, 6.07) is 0. The van der Waals surface area contributed by atoms with E-state index in [1.807, 2.05) is 6.92 Å². The lowest BCUT2D eigenvalue weighted by Gasteiger charge is -2.44. The molecule has 0 aromatic heterocycles. The zero-order valence-electron chi connectivity index (χ0n) is 20.8. The van der Waals surface area contributed by atoms with Gasteiger partial charge in [0.05, 0.1) is 0 Å². The highest BCUT2D eigenvalue weighted by Crippen LogP contribution is 2.31. The third-order valence-corrected chi connectivity index (χ3v) is 4.71. The second kappa shape index (κ2) is 15.0. The van der Waals surface area contributed by atoms with E-state index in [2.05, 4.69) is 0 Å². The predicted octanol–water partition coefficient (Wildman–Crippen LogP) is 2.57. The van der Waals surface area contributed by atoms with Crippen LogP contribution >= 0.6 is 0 Å². The summed E-state index contributed by atoms with van der Waals surface area (Å²) < 4.78 is 75.4. The van der Waals surface area contributed by atoms with Gasteiger partial charge in [-0.2, -0.15) is 13.2 Å². The first-order chi connectivity index (χ1) is 16.7. The van der Waals surface area contributed by atoms with E-state index in [9.17, 15) is 32.3 Å². The number of carbonyl (C=O) groups is 4. The van der Waals surface area contributed by atoms with Crippen LogP contribution in [0.2, 0.25) is 0 Å². The van der Waals surface area contributed by atoms with E-state index >= 15 is 0 Å². The minimum Gasteiger partial charge on any atom is -0.463 e. The molecule has 1 fully saturated rings. The van der Waals surface area contributed by atoms with Gasteiger partial charge in [0, 0.05) is 27.7 Å². The highest BCUT2D eigenvalue weighted by Gasteiger charge is 2.53. The maximum atomic E-state index is 12.8. The fourth-order valence-electron chi connectivity index (χ4n) is 3.39. The van der Waals surface area contributed by atoms with Crippen molar-refractivity contribution in [3.05, 3.63) is 0 Å². The van der Waals surface area contributed by atoms with Gasteiger partial charge in [0.15, 0.2) is 24.6 Å². The summed E-state index contributed by atoms with van der Waals surface area (Å²) in [5.41, 5.74) is 0. The molecule has 0 N–H and O–H groups in total. The molecule has 0 saturated carbocycles. The number of ether oxygens (including phenoxy) is 7. The van der Waals surface area contributed by atoms with Crippen molar-refractivity contribution in [2.45, 2.75) is 103 Å². The van der Waals surface area contributed by atoms with Crippen LogP contribution in [0, 0.1) is 0 Å². The van der Waals surface area contributed by atoms with Gasteiger partial charge in [-0.1, -0.05) is 19.8 Å². The number of carbonyl (C=O) groups excluding carboxylic acids is 4. The van der Waals surface area contributed by atoms with Crippen molar-refractivity contribution in [1.82, 2.24) is 0 Å². The third kappa shape index (κ3) is 12.0. The highest BCUT2D eigenvalue weighted by atomic mass is 19.4. The Kier molecular flexibility index (Phi) is 13.1. The van der Waals surface area contributed by atoms with Crippen molar-refractivity contribution >= 4 is 23.9 Å². The maximum Gasteiger partial charge on any atom is 0.411 e. The summed E-state index contributed by atoms with van der Waals surface area (Å²) in [5, 5.41) is 0. The van der Waals surface area contributed by atoms with Gasteiger partial charge in [-0.15, -0.1) is 0 Å². The van der Waals surface area contributed by atoms with Gasteiger partial charge in [-0.05, 0) is 12.8 Å². The molecule has 0 aliphatic carbocycles. The van der Waals surface area contributed by atoms with E-state index in [0.717, 1.165) is 34.1 Å². The molecule has 208 valence electrons. The Balaban J connectivity index is 3.35. The quantitative estimate of drug-likeness (QED) is 0.151. The largest absolute Gasteiger partial charge is 0.463 e. The molecule has 1 aliphatic rings. The number of halogens is 3. The molecule has 1 heterocycles. The number of rotatable bonds is 13. The molecule has 14 heteroatoms. The Hall–Kier alpha value is -2.45. The van der Waals surface area contributed by atoms with E-state index in [1.54, 1.807) is 0 Å². The van der Waals surface area contributed by atoms with Crippen molar-refractivity contribution < 1.29 is 65.5 Å². The smallest absolute Gasteiger partial charge is 0.411 e. The van der Waals surface area contributed by atoms with Crippen LogP contribution in [0.3, 0.4) is 0 Å². The van der Waals surface area contributed by atoms with Gasteiger partial charge < -0.3 is 33.2 Å². The summed E-state index contributed by atoms with van der Waals surface area (Å²) in [7, 11) is 0. The van der Waals surface area contributed by atoms with Crippen LogP contribution in [-0.2, 0) is 52.3 Å². The second-order valence-corrected chi connectivity index (χ2v) is 8.06. The van der Waals surface area contributed by atoms with Crippen molar-refractivity contribution in [3.8, 4) is 0 Å². The molecule has 0 unspecified atom stereocenters. The summed E-state index contributed by atoms with van der Waals surface area (Å²) >= 11 is 0. The molecule has 0 amide bonds. The number of alkyl halides is 3. The average Bonchev–Trinajstić information content (AvgIpc) is 2.73. The third-order valence-electron chi connectivity index (χ3n) is 4.71. The van der Waals surface area contributed by atoms with Gasteiger partial charge in [-0.25, -0.2) is 0 Å². The summed E-state index contributed by atoms with van der Waals surface area (Å²) in [6.07, 6.45) is -11.6. The first kappa shape index (κ1) is 31.6. The first-order valence-corrected chi connectivity index (χ1v) is 11.4. The average molecular weight is 530 g/mol. The summed E-state index contributed by atoms with van der Waals surface area (Å²) in [6.45, 7) is 4.03. The van der Waals surface area contributed by atoms with Crippen LogP contribution < -0.4 is 0 Å². The van der Waals surface area contributed by atoms with Gasteiger partial charge >= 0.3 is 30.1 Å². The fraction of sp³-hybridized carbons (Fsp3) is 0.818. The number of hydrogen-bond donors (Lipinski definition) is 0. The van der Waals surface area contributed by atoms with Gasteiger partial charge in [0.1, 0.15) is 19.3 Å². The Morgan fingerprint density at radius 1 is 0.833 bits per heavy atom. The Bertz CT molecular complexity index is 743. The number of esters is 4. The molecule has 1 rings (SSSR count). The summed E-state index contributed by atoms with van der Waals surface area (Å²) in [4.78, 5) is 46.8. The molecule has 0 aromatic rings. The topological polar surface area (TPSA) is 133 Å². The van der Waals surface area contributed by atoms with Crippen LogP contribution in [0.4, 0.5) is 13.2 Å². The molecule has 0 spiro atoms. The zero-order chi connectivity index (χ0) is 27.5. The molecule has 0 radical (unpaired) electrons. The molecule has 0 bridgehead atoms. The molecular weight excluding hydrogens is 497 g/mol. The Morgan fingerprint density at radius 2 is 1.39 bits per heavy atom. The molecule has 36 heavy (non-hydrogen) atoms. The van der Waals surface area contributed by atoms with Crippen LogP contribution in [0.15, 0.2) is 0 Å². The Morgan fingerprint density at radius 3 is 1.89 bits per heavy atom. The molecule has 0 aromatic carbocycles. The van der Waals surface area contributed by atoms with Crippen molar-refractivity contribution in [1.29, 1.82) is 0 Å². The number of hydrogen-bond acceptors (Lipinski definition) is 11. The Labute approximate surface area is 206 Å². The monoisotopic (exact) mass is 530 g/mol. The molecule has 6 atom stereocenters. The minimum atomic E-state index is -4.65. The minimum absolute atomic E-state index is 0.0385. The molecule has 1 saturated heterocycles. The second-order valence-electron chi connectivity index (χ2n) is 8.06. The first-order valence-electron chi connectivity index (χ1n) is 11.4. The van der Waals surface area contributed by atoms with E-state index < -0.39 is 80.3 Å². The van der Waals surface area contributed by atoms with Crippen molar-refractivity contribution in [3.63, 3.8) is 0 Å². The normalized spacial score (nSPS) is 24.9. The van der Waals surface area contributed by atoms with E-state index in [-0.39, 0.29) is 6.42 Å². The SMILES string of the molecule is CCCCC[C@@H](OCC(F)(F)F)O[C@@H]1O[C@H](COC(C)=O)[C@@H](OC(C)=O)[C@H](OC(C)=O)[C@H]1OC(C)=O. The zero-order valence-corrected chi connectivity index (χ0v) is 20.8. The lowest BCUT2D eigenvalue weighted by Crippen LogP contribution is -2.63. The van der Waals surface area contributed by atoms with Crippen LogP contribution in [0.5, 0.6) is 0 Å². The molecule has 1 aliphatic heterocycles. The van der Waals surface area contributed by atoms with E-state index in [4.69, 9.17) is 33.2 Å². The lowest BCUT2D eigenvalue weighted by atomic mass is 9.98.